The summed E-state index contributed by atoms with van der Waals surface area (Å²) < 4.78 is 33.4. The summed E-state index contributed by atoms with van der Waals surface area (Å²) in [6.07, 6.45) is 14.6. The molecule has 0 aromatic carbocycles. The fraction of sp³-hybridized carbons (Fsp3) is 0.949. The maximum atomic E-state index is 12.7. The Bertz CT molecular complexity index is 954. The zero-order valence-corrected chi connectivity index (χ0v) is 33.7. The van der Waals surface area contributed by atoms with Crippen LogP contribution in [0.3, 0.4) is 0 Å². The van der Waals surface area contributed by atoms with E-state index in [4.69, 9.17) is 18.5 Å². The van der Waals surface area contributed by atoms with Crippen molar-refractivity contribution in [2.24, 2.45) is 0 Å². The Morgan fingerprint density at radius 1 is 0.509 bits per heavy atom. The molecule has 1 fully saturated rings. The zero-order chi connectivity index (χ0) is 39.3. The van der Waals surface area contributed by atoms with Crippen LogP contribution in [0.15, 0.2) is 0 Å². The molecule has 0 radical (unpaired) electrons. The van der Waals surface area contributed by atoms with E-state index in [2.05, 4.69) is 13.8 Å². The molecule has 0 aromatic heterocycles. The molecule has 1 rings (SSSR count). The summed E-state index contributed by atoms with van der Waals surface area (Å²) in [5.41, 5.74) is 0. The summed E-state index contributed by atoms with van der Waals surface area (Å²) in [6.45, 7) is 3.27. The molecule has 0 aromatic rings. The van der Waals surface area contributed by atoms with Crippen molar-refractivity contribution < 1.29 is 63.1 Å². The van der Waals surface area contributed by atoms with Gasteiger partial charge in [-0.25, -0.2) is 4.57 Å². The molecule has 53 heavy (non-hydrogen) atoms. The highest BCUT2D eigenvalue weighted by atomic mass is 31.2. The summed E-state index contributed by atoms with van der Waals surface area (Å²) in [6, 6.07) is 0. The van der Waals surface area contributed by atoms with E-state index in [-0.39, 0.29) is 12.8 Å². The number of aliphatic hydroxyl groups is 5. The standard InChI is InChI=1S/C39H75O13P/c1-3-5-7-9-11-13-15-16-18-20-22-24-26-28-33(41)51-31(29-49-32(40)27-25-23-21-19-17-14-12-10-8-6-4-2)30-50-53(47,48)52-39-37(45)35(43)34(42)36(44)38(39)46/h31,34-39,42-46H,3-30H2,1-2H3,(H,47,48). The molecule has 6 atom stereocenters. The third-order valence-electron chi connectivity index (χ3n) is 9.95. The molecule has 314 valence electrons. The lowest BCUT2D eigenvalue weighted by Gasteiger charge is -2.41. The van der Waals surface area contributed by atoms with Gasteiger partial charge in [-0.05, 0) is 12.8 Å². The van der Waals surface area contributed by atoms with Crippen molar-refractivity contribution in [3.63, 3.8) is 0 Å². The second-order valence-electron chi connectivity index (χ2n) is 14.9. The molecule has 0 saturated heterocycles. The minimum atomic E-state index is -5.10. The normalized spacial score (nSPS) is 23.4. The highest BCUT2D eigenvalue weighted by Gasteiger charge is 2.51. The first-order chi connectivity index (χ1) is 25.4. The van der Waals surface area contributed by atoms with Crippen LogP contribution >= 0.6 is 7.82 Å². The van der Waals surface area contributed by atoms with Gasteiger partial charge in [-0.2, -0.15) is 0 Å². The maximum absolute atomic E-state index is 12.7. The van der Waals surface area contributed by atoms with E-state index in [9.17, 15) is 44.6 Å². The second kappa shape index (κ2) is 31.0. The molecule has 1 aliphatic rings. The summed E-state index contributed by atoms with van der Waals surface area (Å²) in [5, 5.41) is 50.0. The van der Waals surface area contributed by atoms with Crippen molar-refractivity contribution in [2.45, 2.75) is 224 Å². The van der Waals surface area contributed by atoms with Crippen LogP contribution in [-0.2, 0) is 32.7 Å². The average Bonchev–Trinajstić information content (AvgIpc) is 3.13. The molecule has 0 bridgehead atoms. The number of aliphatic hydroxyl groups excluding tert-OH is 5. The van der Waals surface area contributed by atoms with E-state index in [1.54, 1.807) is 0 Å². The number of unbranched alkanes of at least 4 members (excludes halogenated alkanes) is 22. The van der Waals surface area contributed by atoms with E-state index < -0.39 is 75.7 Å². The third-order valence-corrected chi connectivity index (χ3v) is 10.9. The fourth-order valence-corrected chi connectivity index (χ4v) is 7.50. The Hall–Kier alpha value is -1.15. The minimum absolute atomic E-state index is 0.104. The van der Waals surface area contributed by atoms with Gasteiger partial charge in [0.05, 0.1) is 6.61 Å². The largest absolute Gasteiger partial charge is 0.472 e. The molecule has 0 heterocycles. The van der Waals surface area contributed by atoms with Crippen LogP contribution in [0.1, 0.15) is 181 Å². The number of hydrogen-bond acceptors (Lipinski definition) is 12. The van der Waals surface area contributed by atoms with Crippen molar-refractivity contribution in [2.75, 3.05) is 13.2 Å². The summed E-state index contributed by atoms with van der Waals surface area (Å²) in [7, 11) is -5.10. The quantitative estimate of drug-likeness (QED) is 0.0222. The molecular formula is C39H75O13P. The van der Waals surface area contributed by atoms with Crippen molar-refractivity contribution in [3.05, 3.63) is 0 Å². The molecular weight excluding hydrogens is 707 g/mol. The fourth-order valence-electron chi connectivity index (χ4n) is 6.52. The van der Waals surface area contributed by atoms with E-state index in [0.717, 1.165) is 38.5 Å². The number of hydrogen-bond donors (Lipinski definition) is 6. The highest BCUT2D eigenvalue weighted by molar-refractivity contribution is 7.47. The maximum Gasteiger partial charge on any atom is 0.472 e. The van der Waals surface area contributed by atoms with Gasteiger partial charge in [-0.3, -0.25) is 18.6 Å². The molecule has 1 saturated carbocycles. The Labute approximate surface area is 319 Å². The van der Waals surface area contributed by atoms with Gasteiger partial charge in [0, 0.05) is 12.8 Å². The van der Waals surface area contributed by atoms with Crippen LogP contribution in [0.2, 0.25) is 0 Å². The number of carbonyl (C=O) groups excluding carboxylic acids is 2. The van der Waals surface area contributed by atoms with Crippen LogP contribution in [-0.4, -0.2) is 98.3 Å². The highest BCUT2D eigenvalue weighted by Crippen LogP contribution is 2.47. The van der Waals surface area contributed by atoms with Gasteiger partial charge in [0.2, 0.25) is 0 Å². The van der Waals surface area contributed by atoms with E-state index >= 15 is 0 Å². The van der Waals surface area contributed by atoms with Crippen molar-refractivity contribution in [1.82, 2.24) is 0 Å². The Morgan fingerprint density at radius 2 is 0.849 bits per heavy atom. The molecule has 6 unspecified atom stereocenters. The molecule has 0 amide bonds. The zero-order valence-electron chi connectivity index (χ0n) is 32.8. The van der Waals surface area contributed by atoms with Crippen LogP contribution in [0.4, 0.5) is 0 Å². The molecule has 14 heteroatoms. The first-order valence-electron chi connectivity index (χ1n) is 20.8. The molecule has 1 aliphatic carbocycles. The first-order valence-corrected chi connectivity index (χ1v) is 22.3. The predicted octanol–water partition coefficient (Wildman–Crippen LogP) is 6.94. The Morgan fingerprint density at radius 3 is 1.25 bits per heavy atom. The predicted molar refractivity (Wildman–Crippen MR) is 203 cm³/mol. The van der Waals surface area contributed by atoms with Gasteiger partial charge >= 0.3 is 19.8 Å². The lowest BCUT2D eigenvalue weighted by molar-refractivity contribution is -0.220. The molecule has 0 aliphatic heterocycles. The van der Waals surface area contributed by atoms with Crippen LogP contribution in [0.5, 0.6) is 0 Å². The Kier molecular flexibility index (Phi) is 29.2. The number of esters is 2. The SMILES string of the molecule is CCCCCCCCCCCCCCCC(=O)OC(COC(=O)CCCCCCCCCCCCC)COP(=O)(O)OC1C(O)C(O)C(O)C(O)C1O. The average molecular weight is 783 g/mol. The van der Waals surface area contributed by atoms with Gasteiger partial charge in [0.1, 0.15) is 43.2 Å². The number of phosphoric ester groups is 1. The number of phosphoric acid groups is 1. The van der Waals surface area contributed by atoms with E-state index in [1.807, 2.05) is 0 Å². The van der Waals surface area contributed by atoms with Gasteiger partial charge < -0.3 is 39.9 Å². The van der Waals surface area contributed by atoms with Crippen molar-refractivity contribution >= 4 is 19.8 Å². The summed E-state index contributed by atoms with van der Waals surface area (Å²) in [5.74, 6) is -1.09. The number of rotatable bonds is 34. The molecule has 13 nitrogen and oxygen atoms in total. The van der Waals surface area contributed by atoms with Crippen molar-refractivity contribution in [1.29, 1.82) is 0 Å². The number of carbonyl (C=O) groups is 2. The van der Waals surface area contributed by atoms with Gasteiger partial charge in [-0.1, -0.05) is 155 Å². The van der Waals surface area contributed by atoms with Crippen LogP contribution in [0, 0.1) is 0 Å². The van der Waals surface area contributed by atoms with E-state index in [0.29, 0.717) is 12.8 Å². The molecule has 0 spiro atoms. The van der Waals surface area contributed by atoms with Gasteiger partial charge in [0.15, 0.2) is 6.10 Å². The monoisotopic (exact) mass is 782 g/mol. The lowest BCUT2D eigenvalue weighted by Crippen LogP contribution is -2.64. The Balaban J connectivity index is 2.51. The van der Waals surface area contributed by atoms with E-state index in [1.165, 1.54) is 103 Å². The summed E-state index contributed by atoms with van der Waals surface area (Å²) in [4.78, 5) is 35.5. The van der Waals surface area contributed by atoms with Crippen LogP contribution < -0.4 is 0 Å². The minimum Gasteiger partial charge on any atom is -0.462 e. The third kappa shape index (κ3) is 24.2. The number of ether oxygens (including phenoxy) is 2. The first kappa shape index (κ1) is 49.9. The molecule has 6 N–H and O–H groups in total. The smallest absolute Gasteiger partial charge is 0.462 e. The van der Waals surface area contributed by atoms with Crippen molar-refractivity contribution in [3.8, 4) is 0 Å². The summed E-state index contributed by atoms with van der Waals surface area (Å²) >= 11 is 0. The lowest BCUT2D eigenvalue weighted by atomic mass is 9.85. The van der Waals surface area contributed by atoms with Gasteiger partial charge in [-0.15, -0.1) is 0 Å². The van der Waals surface area contributed by atoms with Crippen LogP contribution in [0.25, 0.3) is 0 Å². The van der Waals surface area contributed by atoms with Gasteiger partial charge in [0.25, 0.3) is 0 Å². The topological polar surface area (TPSA) is 210 Å². The second-order valence-corrected chi connectivity index (χ2v) is 16.3.